The first-order valence-electron chi connectivity index (χ1n) is 9.94. The molecule has 0 fully saturated rings. The molecule has 0 bridgehead atoms. The molecule has 5 rings (SSSR count). The molecule has 0 saturated carbocycles. The summed E-state index contributed by atoms with van der Waals surface area (Å²) in [5.41, 5.74) is 4.12. The van der Waals surface area contributed by atoms with Gasteiger partial charge in [0.25, 0.3) is 5.91 Å². The molecule has 2 N–H and O–H groups in total. The Kier molecular flexibility index (Phi) is 5.02. The van der Waals surface area contributed by atoms with Crippen molar-refractivity contribution in [2.24, 2.45) is 7.05 Å². The molecule has 5 aromatic rings. The summed E-state index contributed by atoms with van der Waals surface area (Å²) in [6, 6.07) is 10.5. The van der Waals surface area contributed by atoms with Crippen molar-refractivity contribution in [1.29, 1.82) is 0 Å². The number of H-pyrrole nitrogens is 1. The number of hydrogen-bond acceptors (Lipinski definition) is 5. The molecule has 0 radical (unpaired) electrons. The number of hydrogen-bond donors (Lipinski definition) is 2. The molecule has 1 aromatic carbocycles. The van der Waals surface area contributed by atoms with E-state index in [0.717, 1.165) is 21.5 Å². The Hall–Kier alpha value is -3.85. The number of fused-ring (bicyclic) bond motifs is 1. The van der Waals surface area contributed by atoms with Gasteiger partial charge >= 0.3 is 0 Å². The average molecular weight is 447 g/mol. The van der Waals surface area contributed by atoms with Gasteiger partial charge in [-0.1, -0.05) is 12.1 Å². The van der Waals surface area contributed by atoms with Gasteiger partial charge in [-0.05, 0) is 31.2 Å². The van der Waals surface area contributed by atoms with Crippen molar-refractivity contribution in [2.75, 3.05) is 0 Å². The molecule has 7 nitrogen and oxygen atoms in total. The number of aromatic nitrogens is 5. The topological polar surface area (TPSA) is 88.5 Å². The molecule has 4 heterocycles. The molecule has 0 spiro atoms. The zero-order valence-electron chi connectivity index (χ0n) is 17.4. The minimum absolute atomic E-state index is 0.108. The molecule has 0 unspecified atom stereocenters. The van der Waals surface area contributed by atoms with E-state index in [0.29, 0.717) is 27.3 Å². The largest absolute Gasteiger partial charge is 0.347 e. The second-order valence-electron chi connectivity index (χ2n) is 7.47. The maximum atomic E-state index is 14.9. The van der Waals surface area contributed by atoms with Gasteiger partial charge in [-0.3, -0.25) is 9.48 Å². The second kappa shape index (κ2) is 8.01. The third-order valence-corrected chi connectivity index (χ3v) is 6.17. The maximum Gasteiger partial charge on any atom is 0.261 e. The number of amides is 1. The Balaban J connectivity index is 1.41. The van der Waals surface area contributed by atoms with E-state index in [1.54, 1.807) is 29.1 Å². The zero-order chi connectivity index (χ0) is 22.2. The highest BCUT2D eigenvalue weighted by Gasteiger charge is 2.14. The highest BCUT2D eigenvalue weighted by atomic mass is 32.1. The van der Waals surface area contributed by atoms with Crippen molar-refractivity contribution in [3.8, 4) is 22.5 Å². The van der Waals surface area contributed by atoms with Crippen LogP contribution in [0.5, 0.6) is 0 Å². The molecular formula is C23H19FN6OS. The molecule has 0 atom stereocenters. The van der Waals surface area contributed by atoms with E-state index < -0.39 is 5.82 Å². The van der Waals surface area contributed by atoms with Crippen LogP contribution in [0.25, 0.3) is 33.5 Å². The van der Waals surface area contributed by atoms with E-state index in [-0.39, 0.29) is 12.5 Å². The lowest BCUT2D eigenvalue weighted by atomic mass is 10.1. The first kappa shape index (κ1) is 20.1. The van der Waals surface area contributed by atoms with Crippen LogP contribution >= 0.6 is 11.3 Å². The first-order chi connectivity index (χ1) is 15.5. The van der Waals surface area contributed by atoms with Gasteiger partial charge in [0.05, 0.1) is 22.5 Å². The predicted molar refractivity (Wildman–Crippen MR) is 122 cm³/mol. The summed E-state index contributed by atoms with van der Waals surface area (Å²) in [6.45, 7) is 2.05. The normalized spacial score (nSPS) is 11.2. The third-order valence-electron chi connectivity index (χ3n) is 5.17. The van der Waals surface area contributed by atoms with Crippen LogP contribution in [0.2, 0.25) is 0 Å². The first-order valence-corrected chi connectivity index (χ1v) is 10.8. The fraction of sp³-hybridized carbons (Fsp3) is 0.130. The predicted octanol–water partition coefficient (Wildman–Crippen LogP) is 4.46. The molecule has 4 aromatic heterocycles. The van der Waals surface area contributed by atoms with Crippen LogP contribution in [-0.2, 0) is 13.6 Å². The van der Waals surface area contributed by atoms with Crippen molar-refractivity contribution in [3.63, 3.8) is 0 Å². The summed E-state index contributed by atoms with van der Waals surface area (Å²) < 4.78 is 16.6. The van der Waals surface area contributed by atoms with Crippen molar-refractivity contribution in [1.82, 2.24) is 30.0 Å². The van der Waals surface area contributed by atoms with Gasteiger partial charge in [0, 0.05) is 46.7 Å². The fourth-order valence-electron chi connectivity index (χ4n) is 3.54. The minimum atomic E-state index is -0.403. The number of aromatic amines is 1. The zero-order valence-corrected chi connectivity index (χ0v) is 18.2. The standard InChI is InChI=1S/C23H19FN6OS/c1-13-3-6-20(32-13)23(31)25-9-15-5-4-14(7-18(15)24)21-17-8-19(16-10-28-30(2)11-16)29-22(17)27-12-26-21/h3-8,10-12H,9H2,1-2H3,(H,25,31)(H,26,27,29). The molecule has 1 amide bonds. The SMILES string of the molecule is Cc1ccc(C(=O)NCc2ccc(-c3ncnc4[nH]c(-c5cnn(C)c5)cc34)cc2F)s1. The monoisotopic (exact) mass is 446 g/mol. The van der Waals surface area contributed by atoms with Crippen LogP contribution in [0.1, 0.15) is 20.1 Å². The molecular weight excluding hydrogens is 427 g/mol. The molecule has 32 heavy (non-hydrogen) atoms. The smallest absolute Gasteiger partial charge is 0.261 e. The van der Waals surface area contributed by atoms with Crippen LogP contribution in [0.15, 0.2) is 55.1 Å². The summed E-state index contributed by atoms with van der Waals surface area (Å²) in [5, 5.41) is 7.76. The number of rotatable bonds is 5. The van der Waals surface area contributed by atoms with Gasteiger partial charge in [-0.2, -0.15) is 5.10 Å². The lowest BCUT2D eigenvalue weighted by molar-refractivity contribution is 0.0954. The van der Waals surface area contributed by atoms with Crippen molar-refractivity contribution in [2.45, 2.75) is 13.5 Å². The Bertz CT molecular complexity index is 1450. The second-order valence-corrected chi connectivity index (χ2v) is 8.76. The van der Waals surface area contributed by atoms with E-state index in [2.05, 4.69) is 25.4 Å². The van der Waals surface area contributed by atoms with Crippen LogP contribution in [0, 0.1) is 12.7 Å². The van der Waals surface area contributed by atoms with Crippen LogP contribution < -0.4 is 5.32 Å². The third kappa shape index (κ3) is 3.78. The fourth-order valence-corrected chi connectivity index (χ4v) is 4.33. The van der Waals surface area contributed by atoms with Gasteiger partial charge < -0.3 is 10.3 Å². The van der Waals surface area contributed by atoms with Gasteiger partial charge in [0.1, 0.15) is 17.8 Å². The Labute approximate surface area is 187 Å². The lowest BCUT2D eigenvalue weighted by Crippen LogP contribution is -2.22. The number of nitrogens with zero attached hydrogens (tertiary/aromatic N) is 4. The summed E-state index contributed by atoms with van der Waals surface area (Å²) >= 11 is 1.41. The average Bonchev–Trinajstić information content (AvgIpc) is 3.51. The minimum Gasteiger partial charge on any atom is -0.347 e. The van der Waals surface area contributed by atoms with Gasteiger partial charge in [0.15, 0.2) is 0 Å². The lowest BCUT2D eigenvalue weighted by Gasteiger charge is -2.08. The van der Waals surface area contributed by atoms with E-state index in [4.69, 9.17) is 0 Å². The summed E-state index contributed by atoms with van der Waals surface area (Å²) in [6.07, 6.45) is 5.12. The molecule has 0 aliphatic heterocycles. The molecule has 160 valence electrons. The van der Waals surface area contributed by atoms with E-state index in [1.165, 1.54) is 23.7 Å². The summed E-state index contributed by atoms with van der Waals surface area (Å²) in [4.78, 5) is 25.9. The van der Waals surface area contributed by atoms with Crippen LogP contribution in [0.4, 0.5) is 4.39 Å². The number of halogens is 1. The maximum absolute atomic E-state index is 14.9. The van der Waals surface area contributed by atoms with Crippen LogP contribution in [0.3, 0.4) is 0 Å². The number of benzene rings is 1. The summed E-state index contributed by atoms with van der Waals surface area (Å²) in [5.74, 6) is -0.612. The van der Waals surface area contributed by atoms with Gasteiger partial charge in [0.2, 0.25) is 0 Å². The number of aryl methyl sites for hydroxylation is 2. The quantitative estimate of drug-likeness (QED) is 0.417. The molecule has 0 aliphatic rings. The van der Waals surface area contributed by atoms with E-state index in [1.807, 2.05) is 32.3 Å². The van der Waals surface area contributed by atoms with Crippen molar-refractivity contribution in [3.05, 3.63) is 76.3 Å². The number of nitrogens with one attached hydrogen (secondary N) is 2. The Morgan fingerprint density at radius 2 is 2.06 bits per heavy atom. The van der Waals surface area contributed by atoms with Gasteiger partial charge in [-0.15, -0.1) is 11.3 Å². The Morgan fingerprint density at radius 1 is 1.19 bits per heavy atom. The molecule has 9 heteroatoms. The van der Waals surface area contributed by atoms with Crippen molar-refractivity contribution < 1.29 is 9.18 Å². The number of carbonyl (C=O) groups excluding carboxylic acids is 1. The van der Waals surface area contributed by atoms with Crippen molar-refractivity contribution >= 4 is 28.3 Å². The highest BCUT2D eigenvalue weighted by molar-refractivity contribution is 7.13. The van der Waals surface area contributed by atoms with E-state index >= 15 is 0 Å². The van der Waals surface area contributed by atoms with E-state index in [9.17, 15) is 9.18 Å². The highest BCUT2D eigenvalue weighted by Crippen LogP contribution is 2.30. The van der Waals surface area contributed by atoms with Gasteiger partial charge in [-0.25, -0.2) is 14.4 Å². The number of carbonyl (C=O) groups is 1. The summed E-state index contributed by atoms with van der Waals surface area (Å²) in [7, 11) is 1.85. The number of thiophene rings is 1. The van der Waals surface area contributed by atoms with Crippen LogP contribution in [-0.4, -0.2) is 30.6 Å². The molecule has 0 saturated heterocycles. The Morgan fingerprint density at radius 3 is 2.78 bits per heavy atom. The molecule has 0 aliphatic carbocycles.